The van der Waals surface area contributed by atoms with E-state index >= 15 is 0 Å². The molecule has 0 bridgehead atoms. The van der Waals surface area contributed by atoms with E-state index in [4.69, 9.17) is 41.3 Å². The lowest BCUT2D eigenvalue weighted by molar-refractivity contribution is 0.170. The summed E-state index contributed by atoms with van der Waals surface area (Å²) in [6.45, 7) is -0.645. The van der Waals surface area contributed by atoms with Gasteiger partial charge in [-0.1, -0.05) is 145 Å². The zero-order valence-corrected chi connectivity index (χ0v) is 24.3. The summed E-state index contributed by atoms with van der Waals surface area (Å²) >= 11 is 13.5. The molecule has 0 fully saturated rings. The SMILES string of the molecule is O=P(OCc1ccccc1)(OCc1ccccc1)C(Cl)(Cl)P(=O)(OCc1ccccc1)OCc1ccccc1. The molecule has 0 aliphatic heterocycles. The van der Waals surface area contributed by atoms with Crippen LogP contribution < -0.4 is 0 Å². The van der Waals surface area contributed by atoms with Crippen molar-refractivity contribution >= 4 is 38.4 Å². The topological polar surface area (TPSA) is 71.1 Å². The van der Waals surface area contributed by atoms with E-state index in [0.717, 1.165) is 0 Å². The first kappa shape index (κ1) is 29.7. The van der Waals surface area contributed by atoms with Crippen LogP contribution in [-0.4, -0.2) is 3.82 Å². The molecule has 4 aromatic rings. The van der Waals surface area contributed by atoms with Crippen LogP contribution in [0.3, 0.4) is 0 Å². The second-order valence-corrected chi connectivity index (χ2v) is 15.6. The lowest BCUT2D eigenvalue weighted by atomic mass is 10.2. The summed E-state index contributed by atoms with van der Waals surface area (Å²) in [7, 11) is -9.20. The maximum Gasteiger partial charge on any atom is 0.379 e. The molecule has 4 rings (SSSR count). The van der Waals surface area contributed by atoms with Crippen molar-refractivity contribution in [2.24, 2.45) is 0 Å². The highest BCUT2D eigenvalue weighted by molar-refractivity contribution is 7.80. The largest absolute Gasteiger partial charge is 0.379 e. The summed E-state index contributed by atoms with van der Waals surface area (Å²) in [4.78, 5) is 0. The first-order valence-electron chi connectivity index (χ1n) is 12.1. The fourth-order valence-corrected chi connectivity index (χ4v) is 8.58. The van der Waals surface area contributed by atoms with E-state index in [1.165, 1.54) is 0 Å². The molecule has 0 unspecified atom stereocenters. The number of halogens is 2. The molecule has 0 aromatic heterocycles. The van der Waals surface area contributed by atoms with Crippen molar-refractivity contribution in [2.45, 2.75) is 30.2 Å². The van der Waals surface area contributed by atoms with Gasteiger partial charge in [0.05, 0.1) is 26.4 Å². The normalized spacial score (nSPS) is 12.4. The Morgan fingerprint density at radius 1 is 0.436 bits per heavy atom. The van der Waals surface area contributed by atoms with Crippen LogP contribution in [0.1, 0.15) is 22.3 Å². The quantitative estimate of drug-likeness (QED) is 0.105. The third-order valence-electron chi connectivity index (χ3n) is 5.63. The highest BCUT2D eigenvalue weighted by atomic mass is 35.5. The van der Waals surface area contributed by atoms with Crippen LogP contribution in [-0.2, 0) is 53.7 Å². The van der Waals surface area contributed by atoms with Crippen LogP contribution in [0, 0.1) is 0 Å². The molecule has 0 aliphatic rings. The molecule has 10 heteroatoms. The van der Waals surface area contributed by atoms with E-state index in [9.17, 15) is 9.13 Å². The molecule has 0 amide bonds. The average Bonchev–Trinajstić information content (AvgIpc) is 2.99. The Kier molecular flexibility index (Phi) is 10.6. The van der Waals surface area contributed by atoms with Gasteiger partial charge in [0, 0.05) is 0 Å². The van der Waals surface area contributed by atoms with Crippen molar-refractivity contribution in [3.8, 4) is 0 Å². The summed E-state index contributed by atoms with van der Waals surface area (Å²) < 4.78 is 49.3. The summed E-state index contributed by atoms with van der Waals surface area (Å²) in [6, 6.07) is 36.0. The Morgan fingerprint density at radius 3 is 0.846 bits per heavy atom. The first-order chi connectivity index (χ1) is 18.8. The molecule has 0 N–H and O–H groups in total. The number of rotatable bonds is 14. The minimum atomic E-state index is -4.60. The summed E-state index contributed by atoms with van der Waals surface area (Å²) in [5, 5.41) is 0. The van der Waals surface area contributed by atoms with Crippen molar-refractivity contribution in [1.29, 1.82) is 0 Å². The maximum absolute atomic E-state index is 14.4. The summed E-state index contributed by atoms with van der Waals surface area (Å²) in [6.07, 6.45) is 0. The molecule has 39 heavy (non-hydrogen) atoms. The van der Waals surface area contributed by atoms with Gasteiger partial charge in [-0.15, -0.1) is 0 Å². The molecule has 0 saturated carbocycles. The second-order valence-electron chi connectivity index (χ2n) is 8.54. The van der Waals surface area contributed by atoms with E-state index in [2.05, 4.69) is 0 Å². The minimum absolute atomic E-state index is 0.161. The van der Waals surface area contributed by atoms with Crippen LogP contribution in [0.4, 0.5) is 0 Å². The van der Waals surface area contributed by atoms with E-state index in [1.807, 2.05) is 24.3 Å². The predicted octanol–water partition coefficient (Wildman–Crippen LogP) is 9.33. The maximum atomic E-state index is 14.4. The van der Waals surface area contributed by atoms with Crippen molar-refractivity contribution in [1.82, 2.24) is 0 Å². The Bertz CT molecular complexity index is 1190. The molecule has 4 aromatic carbocycles. The molecular weight excluding hydrogens is 577 g/mol. The third-order valence-corrected chi connectivity index (χ3v) is 12.8. The van der Waals surface area contributed by atoms with Crippen LogP contribution in [0.25, 0.3) is 0 Å². The van der Waals surface area contributed by atoms with Crippen molar-refractivity contribution < 1.29 is 27.2 Å². The molecule has 0 heterocycles. The highest BCUT2D eigenvalue weighted by Crippen LogP contribution is 2.82. The smallest absolute Gasteiger partial charge is 0.301 e. The fourth-order valence-electron chi connectivity index (χ4n) is 3.47. The minimum Gasteiger partial charge on any atom is -0.301 e. The Morgan fingerprint density at radius 2 is 0.641 bits per heavy atom. The zero-order chi connectivity index (χ0) is 27.6. The van der Waals surface area contributed by atoms with Crippen LogP contribution in [0.5, 0.6) is 0 Å². The molecule has 0 radical (unpaired) electrons. The van der Waals surface area contributed by atoms with Gasteiger partial charge < -0.3 is 18.1 Å². The van der Waals surface area contributed by atoms with Crippen molar-refractivity contribution in [2.75, 3.05) is 0 Å². The van der Waals surface area contributed by atoms with Gasteiger partial charge in [0.25, 0.3) is 0 Å². The molecule has 0 aliphatic carbocycles. The van der Waals surface area contributed by atoms with E-state index in [0.29, 0.717) is 22.3 Å². The highest BCUT2D eigenvalue weighted by Gasteiger charge is 2.64. The molecule has 0 saturated heterocycles. The number of benzene rings is 4. The molecule has 204 valence electrons. The Labute approximate surface area is 238 Å². The molecule has 0 spiro atoms. The van der Waals surface area contributed by atoms with Gasteiger partial charge in [0.1, 0.15) is 0 Å². The van der Waals surface area contributed by atoms with Crippen LogP contribution >= 0.6 is 38.4 Å². The molecular formula is C29H28Cl2O6P2. The van der Waals surface area contributed by atoms with E-state index < -0.39 is 19.0 Å². The van der Waals surface area contributed by atoms with E-state index in [1.54, 1.807) is 97.1 Å². The fraction of sp³-hybridized carbons (Fsp3) is 0.172. The number of hydrogen-bond donors (Lipinski definition) is 0. The predicted molar refractivity (Wildman–Crippen MR) is 155 cm³/mol. The lowest BCUT2D eigenvalue weighted by Gasteiger charge is -2.34. The summed E-state index contributed by atoms with van der Waals surface area (Å²) in [5.41, 5.74) is 2.76. The third kappa shape index (κ3) is 7.91. The lowest BCUT2D eigenvalue weighted by Crippen LogP contribution is -2.21. The monoisotopic (exact) mass is 604 g/mol. The van der Waals surface area contributed by atoms with Gasteiger partial charge in [-0.2, -0.15) is 0 Å². The standard InChI is InChI=1S/C29H28Cl2O6P2/c30-29(31,38(32,34-21-25-13-5-1-6-14-25)35-22-26-15-7-2-8-16-26)39(33,36-23-27-17-9-3-10-18-27)37-24-28-19-11-4-12-20-28/h1-20H,21-24H2. The van der Waals surface area contributed by atoms with Crippen LogP contribution in [0.15, 0.2) is 121 Å². The van der Waals surface area contributed by atoms with Crippen molar-refractivity contribution in [3.05, 3.63) is 144 Å². The van der Waals surface area contributed by atoms with Gasteiger partial charge in [0.15, 0.2) is 0 Å². The molecule has 0 atom stereocenters. The number of hydrogen-bond acceptors (Lipinski definition) is 6. The van der Waals surface area contributed by atoms with Gasteiger partial charge in [-0.05, 0) is 22.3 Å². The Hall–Kier alpha value is -2.24. The average molecular weight is 605 g/mol. The summed E-state index contributed by atoms with van der Waals surface area (Å²) in [5.74, 6) is 0. The molecule has 6 nitrogen and oxygen atoms in total. The van der Waals surface area contributed by atoms with Gasteiger partial charge in [-0.3, -0.25) is 9.13 Å². The van der Waals surface area contributed by atoms with Gasteiger partial charge in [-0.25, -0.2) is 0 Å². The van der Waals surface area contributed by atoms with Crippen molar-refractivity contribution in [3.63, 3.8) is 0 Å². The number of alkyl halides is 2. The van der Waals surface area contributed by atoms with Gasteiger partial charge >= 0.3 is 19.0 Å². The first-order valence-corrected chi connectivity index (χ1v) is 16.0. The van der Waals surface area contributed by atoms with Crippen LogP contribution in [0.2, 0.25) is 0 Å². The zero-order valence-electron chi connectivity index (χ0n) is 21.0. The van der Waals surface area contributed by atoms with E-state index in [-0.39, 0.29) is 26.4 Å². The second kappa shape index (κ2) is 13.9. The Balaban J connectivity index is 1.66. The van der Waals surface area contributed by atoms with Gasteiger partial charge in [0.2, 0.25) is 0 Å².